The molecule has 0 unspecified atom stereocenters. The summed E-state index contributed by atoms with van der Waals surface area (Å²) in [6, 6.07) is 0.308. The van der Waals surface area contributed by atoms with E-state index in [2.05, 4.69) is 10.6 Å². The lowest BCUT2D eigenvalue weighted by atomic mass is 9.82. The minimum atomic E-state index is -0.447. The molecule has 0 saturated heterocycles. The molecule has 2 saturated carbocycles. The predicted molar refractivity (Wildman–Crippen MR) is 80.7 cm³/mol. The molecule has 0 spiro atoms. The summed E-state index contributed by atoms with van der Waals surface area (Å²) in [5.74, 6) is -0.147. The highest BCUT2D eigenvalue weighted by Gasteiger charge is 2.32. The fourth-order valence-electron chi connectivity index (χ4n) is 3.51. The van der Waals surface area contributed by atoms with Gasteiger partial charge in [-0.25, -0.2) is 0 Å². The summed E-state index contributed by atoms with van der Waals surface area (Å²) in [4.78, 5) is 23.8. The minimum absolute atomic E-state index is 0.00693. The van der Waals surface area contributed by atoms with Gasteiger partial charge in [0.2, 0.25) is 11.8 Å². The number of carbonyl (C=O) groups is 2. The molecule has 5 nitrogen and oxygen atoms in total. The van der Waals surface area contributed by atoms with Gasteiger partial charge in [-0.05, 0) is 25.7 Å². The van der Waals surface area contributed by atoms with Gasteiger partial charge in [0, 0.05) is 18.9 Å². The van der Waals surface area contributed by atoms with E-state index in [0.29, 0.717) is 6.04 Å². The van der Waals surface area contributed by atoms with Crippen molar-refractivity contribution >= 4 is 11.8 Å². The van der Waals surface area contributed by atoms with Crippen molar-refractivity contribution in [3.8, 4) is 0 Å². The largest absolute Gasteiger partial charge is 0.394 e. The molecule has 2 fully saturated rings. The van der Waals surface area contributed by atoms with E-state index in [1.807, 2.05) is 0 Å². The first-order valence-corrected chi connectivity index (χ1v) is 8.35. The third-order valence-electron chi connectivity index (χ3n) is 4.82. The Hall–Kier alpha value is -1.10. The van der Waals surface area contributed by atoms with Crippen molar-refractivity contribution in [3.05, 3.63) is 0 Å². The van der Waals surface area contributed by atoms with Crippen LogP contribution in [0.3, 0.4) is 0 Å². The first-order chi connectivity index (χ1) is 10.1. The summed E-state index contributed by atoms with van der Waals surface area (Å²) in [6.07, 6.45) is 9.87. The average molecular weight is 296 g/mol. The lowest BCUT2D eigenvalue weighted by molar-refractivity contribution is -0.128. The zero-order valence-corrected chi connectivity index (χ0v) is 12.8. The minimum Gasteiger partial charge on any atom is -0.394 e. The number of amides is 2. The summed E-state index contributed by atoms with van der Waals surface area (Å²) in [6.45, 7) is -0.00693. The van der Waals surface area contributed by atoms with Crippen LogP contribution >= 0.6 is 0 Å². The molecule has 0 radical (unpaired) electrons. The molecule has 2 aliphatic carbocycles. The predicted octanol–water partition coefficient (Wildman–Crippen LogP) is 1.64. The Morgan fingerprint density at radius 2 is 1.57 bits per heavy atom. The van der Waals surface area contributed by atoms with Gasteiger partial charge in [-0.3, -0.25) is 9.59 Å². The third-order valence-corrected chi connectivity index (χ3v) is 4.82. The maximum Gasteiger partial charge on any atom is 0.221 e. The van der Waals surface area contributed by atoms with Crippen LogP contribution in [0.4, 0.5) is 0 Å². The van der Waals surface area contributed by atoms with E-state index in [4.69, 9.17) is 0 Å². The maximum atomic E-state index is 12.0. The van der Waals surface area contributed by atoms with Crippen LogP contribution in [-0.4, -0.2) is 35.1 Å². The lowest BCUT2D eigenvalue weighted by Gasteiger charge is -2.36. The molecule has 0 heterocycles. The van der Waals surface area contributed by atoms with E-state index in [1.165, 1.54) is 19.3 Å². The summed E-state index contributed by atoms with van der Waals surface area (Å²) in [5, 5.41) is 15.5. The molecule has 120 valence electrons. The molecule has 2 amide bonds. The van der Waals surface area contributed by atoms with E-state index in [9.17, 15) is 14.7 Å². The van der Waals surface area contributed by atoms with Gasteiger partial charge in [0.1, 0.15) is 0 Å². The summed E-state index contributed by atoms with van der Waals surface area (Å²) in [7, 11) is 0. The topological polar surface area (TPSA) is 78.4 Å². The van der Waals surface area contributed by atoms with Crippen LogP contribution in [-0.2, 0) is 9.59 Å². The van der Waals surface area contributed by atoms with Crippen LogP contribution in [0.1, 0.15) is 70.6 Å². The van der Waals surface area contributed by atoms with Gasteiger partial charge >= 0.3 is 0 Å². The van der Waals surface area contributed by atoms with Gasteiger partial charge in [-0.15, -0.1) is 0 Å². The number of carbonyl (C=O) groups excluding carboxylic acids is 2. The van der Waals surface area contributed by atoms with Crippen LogP contribution in [0, 0.1) is 0 Å². The Bertz CT molecular complexity index is 359. The number of aliphatic hydroxyl groups excluding tert-OH is 1. The Morgan fingerprint density at radius 1 is 0.952 bits per heavy atom. The van der Waals surface area contributed by atoms with E-state index in [-0.39, 0.29) is 31.3 Å². The van der Waals surface area contributed by atoms with Crippen molar-refractivity contribution < 1.29 is 14.7 Å². The Labute approximate surface area is 126 Å². The van der Waals surface area contributed by atoms with E-state index >= 15 is 0 Å². The smallest absolute Gasteiger partial charge is 0.221 e. The van der Waals surface area contributed by atoms with E-state index in [1.54, 1.807) is 0 Å². The normalized spacial score (nSPS) is 22.0. The first kappa shape index (κ1) is 16.3. The number of hydrogen-bond donors (Lipinski definition) is 3. The van der Waals surface area contributed by atoms with Crippen molar-refractivity contribution in [3.63, 3.8) is 0 Å². The highest BCUT2D eigenvalue weighted by atomic mass is 16.3. The Morgan fingerprint density at radius 3 is 2.19 bits per heavy atom. The Balaban J connectivity index is 1.69. The van der Waals surface area contributed by atoms with Gasteiger partial charge in [0.15, 0.2) is 0 Å². The zero-order chi connectivity index (χ0) is 15.1. The van der Waals surface area contributed by atoms with Gasteiger partial charge in [-0.1, -0.05) is 32.1 Å². The molecule has 3 N–H and O–H groups in total. The van der Waals surface area contributed by atoms with Gasteiger partial charge in [0.25, 0.3) is 0 Å². The van der Waals surface area contributed by atoms with Gasteiger partial charge in [0.05, 0.1) is 12.1 Å². The molecule has 0 aromatic carbocycles. The number of nitrogens with one attached hydrogen (secondary N) is 2. The third kappa shape index (κ3) is 4.99. The summed E-state index contributed by atoms with van der Waals surface area (Å²) >= 11 is 0. The molecular weight excluding hydrogens is 268 g/mol. The molecular formula is C16H28N2O3. The van der Waals surface area contributed by atoms with Crippen LogP contribution in [0.15, 0.2) is 0 Å². The quantitative estimate of drug-likeness (QED) is 0.697. The van der Waals surface area contributed by atoms with Crippen LogP contribution in [0.2, 0.25) is 0 Å². The number of aliphatic hydroxyl groups is 1. The molecule has 0 atom stereocenters. The fourth-order valence-corrected chi connectivity index (χ4v) is 3.51. The molecule has 2 rings (SSSR count). The average Bonchev–Trinajstić information content (AvgIpc) is 2.99. The molecule has 21 heavy (non-hydrogen) atoms. The second-order valence-corrected chi connectivity index (χ2v) is 6.60. The highest BCUT2D eigenvalue weighted by Crippen LogP contribution is 2.27. The van der Waals surface area contributed by atoms with Crippen molar-refractivity contribution in [2.75, 3.05) is 6.61 Å². The fraction of sp³-hybridized carbons (Fsp3) is 0.875. The SMILES string of the molecule is O=C(CCC(=O)NC1(CO)CCCCC1)NC1CCCC1. The van der Waals surface area contributed by atoms with Crippen molar-refractivity contribution in [2.45, 2.75) is 82.2 Å². The van der Waals surface area contributed by atoms with Crippen molar-refractivity contribution in [1.82, 2.24) is 10.6 Å². The molecule has 2 aliphatic rings. The van der Waals surface area contributed by atoms with Gasteiger partial charge in [-0.2, -0.15) is 0 Å². The summed E-state index contributed by atoms with van der Waals surface area (Å²) in [5.41, 5.74) is -0.447. The number of rotatable bonds is 6. The van der Waals surface area contributed by atoms with Crippen LogP contribution in [0.25, 0.3) is 0 Å². The van der Waals surface area contributed by atoms with E-state index in [0.717, 1.165) is 38.5 Å². The van der Waals surface area contributed by atoms with Gasteiger partial charge < -0.3 is 15.7 Å². The second-order valence-electron chi connectivity index (χ2n) is 6.60. The zero-order valence-electron chi connectivity index (χ0n) is 12.8. The highest BCUT2D eigenvalue weighted by molar-refractivity contribution is 5.84. The van der Waals surface area contributed by atoms with Crippen LogP contribution < -0.4 is 10.6 Å². The number of hydrogen-bond acceptors (Lipinski definition) is 3. The Kier molecular flexibility index (Phi) is 6.03. The van der Waals surface area contributed by atoms with Crippen molar-refractivity contribution in [2.24, 2.45) is 0 Å². The summed E-state index contributed by atoms with van der Waals surface area (Å²) < 4.78 is 0. The molecule has 0 aromatic rings. The van der Waals surface area contributed by atoms with E-state index < -0.39 is 5.54 Å². The lowest BCUT2D eigenvalue weighted by Crippen LogP contribution is -2.52. The standard InChI is InChI=1S/C16H28N2O3/c19-12-16(10-4-1-5-11-16)18-15(21)9-8-14(20)17-13-6-2-3-7-13/h13,19H,1-12H2,(H,17,20)(H,18,21). The molecule has 0 aromatic heterocycles. The maximum absolute atomic E-state index is 12.0. The second kappa shape index (κ2) is 7.78. The molecule has 0 aliphatic heterocycles. The van der Waals surface area contributed by atoms with Crippen molar-refractivity contribution in [1.29, 1.82) is 0 Å². The first-order valence-electron chi connectivity index (χ1n) is 8.35. The monoisotopic (exact) mass is 296 g/mol. The van der Waals surface area contributed by atoms with Crippen LogP contribution in [0.5, 0.6) is 0 Å². The molecule has 0 bridgehead atoms. The molecule has 5 heteroatoms.